The van der Waals surface area contributed by atoms with Crippen LogP contribution >= 0.6 is 0 Å². The van der Waals surface area contributed by atoms with Crippen LogP contribution in [-0.2, 0) is 11.2 Å². The van der Waals surface area contributed by atoms with Crippen molar-refractivity contribution in [2.75, 3.05) is 13.1 Å². The molecule has 0 spiro atoms. The molecule has 2 atom stereocenters. The largest absolute Gasteiger partial charge is 0.476 e. The summed E-state index contributed by atoms with van der Waals surface area (Å²) in [5.74, 6) is -1.19. The average molecular weight is 498 g/mol. The van der Waals surface area contributed by atoms with Gasteiger partial charge in [0, 0.05) is 36.6 Å². The van der Waals surface area contributed by atoms with Gasteiger partial charge in [0.2, 0.25) is 11.8 Å². The molecule has 1 aromatic carbocycles. The zero-order valence-corrected chi connectivity index (χ0v) is 21.4. The van der Waals surface area contributed by atoms with Crippen molar-refractivity contribution in [3.05, 3.63) is 53.4 Å². The molecule has 0 aliphatic carbocycles. The predicted molar refractivity (Wildman–Crippen MR) is 136 cm³/mol. The second-order valence-corrected chi connectivity index (χ2v) is 9.19. The van der Waals surface area contributed by atoms with Crippen molar-refractivity contribution in [3.63, 3.8) is 0 Å². The molecule has 2 heterocycles. The Labute approximate surface area is 210 Å². The molecule has 10 nitrogen and oxygen atoms in total. The van der Waals surface area contributed by atoms with Gasteiger partial charge in [-0.3, -0.25) is 4.79 Å². The first kappa shape index (κ1) is 26.8. The smallest absolute Gasteiger partial charge is 0.358 e. The lowest BCUT2D eigenvalue weighted by atomic mass is 10.0. The van der Waals surface area contributed by atoms with E-state index in [0.29, 0.717) is 25.9 Å². The summed E-state index contributed by atoms with van der Waals surface area (Å²) in [5.41, 5.74) is 1.66. The highest BCUT2D eigenvalue weighted by Gasteiger charge is 2.30. The van der Waals surface area contributed by atoms with E-state index in [2.05, 4.69) is 20.6 Å². The highest BCUT2D eigenvalue weighted by atomic mass is 16.4. The molecule has 3 aromatic rings. The number of rotatable bonds is 11. The Bertz CT molecular complexity index is 1210. The molecular formula is C26H35N5O5. The van der Waals surface area contributed by atoms with Crippen LogP contribution in [0.1, 0.15) is 67.9 Å². The number of nitrogens with one attached hydrogen (secondary N) is 3. The van der Waals surface area contributed by atoms with E-state index in [1.165, 1.54) is 6.92 Å². The zero-order valence-electron chi connectivity index (χ0n) is 21.4. The van der Waals surface area contributed by atoms with Crippen molar-refractivity contribution in [3.8, 4) is 0 Å². The molecule has 0 fully saturated rings. The molecule has 0 bridgehead atoms. The number of hydrogen-bond acceptors (Lipinski definition) is 5. The summed E-state index contributed by atoms with van der Waals surface area (Å²) in [6.07, 6.45) is 2.60. The van der Waals surface area contributed by atoms with Gasteiger partial charge in [-0.15, -0.1) is 0 Å². The third kappa shape index (κ3) is 6.24. The van der Waals surface area contributed by atoms with E-state index < -0.39 is 18.1 Å². The number of hydrogen-bond donors (Lipinski definition) is 4. The van der Waals surface area contributed by atoms with Crippen LogP contribution in [0.5, 0.6) is 0 Å². The summed E-state index contributed by atoms with van der Waals surface area (Å²) in [6, 6.07) is 5.93. The van der Waals surface area contributed by atoms with E-state index in [9.17, 15) is 19.5 Å². The number of carbonyl (C=O) groups excluding carboxylic acids is 2. The summed E-state index contributed by atoms with van der Waals surface area (Å²) >= 11 is 0. The van der Waals surface area contributed by atoms with Crippen LogP contribution in [0.3, 0.4) is 0 Å². The summed E-state index contributed by atoms with van der Waals surface area (Å²) in [4.78, 5) is 46.8. The van der Waals surface area contributed by atoms with E-state index in [-0.39, 0.29) is 35.2 Å². The highest BCUT2D eigenvalue weighted by Crippen LogP contribution is 2.26. The fourth-order valence-corrected chi connectivity index (χ4v) is 4.21. The number of aromatic amines is 1. The van der Waals surface area contributed by atoms with Gasteiger partial charge in [-0.2, -0.15) is 0 Å². The van der Waals surface area contributed by atoms with Crippen LogP contribution in [-0.4, -0.2) is 57.0 Å². The van der Waals surface area contributed by atoms with Gasteiger partial charge in [-0.05, 0) is 44.7 Å². The first-order valence-corrected chi connectivity index (χ1v) is 12.3. The molecule has 4 N–H and O–H groups in total. The van der Waals surface area contributed by atoms with Gasteiger partial charge >= 0.3 is 12.0 Å². The number of H-pyrrole nitrogens is 1. The Hall–Kier alpha value is -3.82. The molecule has 0 saturated carbocycles. The summed E-state index contributed by atoms with van der Waals surface area (Å²) < 4.78 is 5.70. The number of nitrogens with zero attached hydrogens (tertiary/aromatic N) is 2. The standard InChI is InChI=1S/C26H35N5O5/c1-6-31(7-2)26(35)29-20(12-15(3)4)23(32)28-21(24-30-22(25(33)34)16(5)36-24)13-17-14-27-19-11-9-8-10-18(17)19/h8-11,14-15,20-21,27H,6-7,12-13H2,1-5H3,(H,28,32)(H,29,35)(H,33,34)/t20-,21+/m0/s1. The third-order valence-electron chi connectivity index (χ3n) is 6.10. The second kappa shape index (κ2) is 11.7. The van der Waals surface area contributed by atoms with Crippen LogP contribution in [0, 0.1) is 12.8 Å². The number of para-hydroxylation sites is 1. The third-order valence-corrected chi connectivity index (χ3v) is 6.10. The topological polar surface area (TPSA) is 141 Å². The Morgan fingerprint density at radius 2 is 1.83 bits per heavy atom. The number of benzene rings is 1. The van der Waals surface area contributed by atoms with Crippen LogP contribution in [0.2, 0.25) is 0 Å². The number of amides is 3. The minimum absolute atomic E-state index is 0.0990. The first-order chi connectivity index (χ1) is 17.1. The maximum atomic E-state index is 13.5. The highest BCUT2D eigenvalue weighted by molar-refractivity contribution is 5.88. The van der Waals surface area contributed by atoms with Crippen molar-refractivity contribution in [2.24, 2.45) is 5.92 Å². The number of aryl methyl sites for hydroxylation is 1. The van der Waals surface area contributed by atoms with E-state index >= 15 is 0 Å². The predicted octanol–water partition coefficient (Wildman–Crippen LogP) is 4.03. The fourth-order valence-electron chi connectivity index (χ4n) is 4.21. The Balaban J connectivity index is 1.92. The normalized spacial score (nSPS) is 12.9. The van der Waals surface area contributed by atoms with Crippen molar-refractivity contribution >= 4 is 28.8 Å². The Kier molecular flexibility index (Phi) is 8.73. The summed E-state index contributed by atoms with van der Waals surface area (Å²) in [5, 5.41) is 16.3. The summed E-state index contributed by atoms with van der Waals surface area (Å²) in [7, 11) is 0. The molecule has 194 valence electrons. The molecular weight excluding hydrogens is 462 g/mol. The number of oxazole rings is 1. The lowest BCUT2D eigenvalue weighted by Crippen LogP contribution is -2.52. The molecule has 2 aromatic heterocycles. The Morgan fingerprint density at radius 3 is 2.44 bits per heavy atom. The fraction of sp³-hybridized carbons (Fsp3) is 0.462. The van der Waals surface area contributed by atoms with E-state index in [4.69, 9.17) is 4.42 Å². The van der Waals surface area contributed by atoms with E-state index in [1.54, 1.807) is 4.90 Å². The molecule has 0 aliphatic heterocycles. The van der Waals surface area contributed by atoms with Gasteiger partial charge in [-0.1, -0.05) is 32.0 Å². The lowest BCUT2D eigenvalue weighted by molar-refractivity contribution is -0.124. The molecule has 0 aliphatic rings. The van der Waals surface area contributed by atoms with Gasteiger partial charge in [0.15, 0.2) is 5.69 Å². The SMILES string of the molecule is CCN(CC)C(=O)N[C@@H](CC(C)C)C(=O)N[C@H](Cc1c[nH]c2ccccc12)c1nc(C(=O)O)c(C)o1. The van der Waals surface area contributed by atoms with Gasteiger partial charge in [0.05, 0.1) is 0 Å². The van der Waals surface area contributed by atoms with Crippen molar-refractivity contribution < 1.29 is 23.9 Å². The van der Waals surface area contributed by atoms with Crippen molar-refractivity contribution in [1.29, 1.82) is 0 Å². The zero-order chi connectivity index (χ0) is 26.4. The molecule has 36 heavy (non-hydrogen) atoms. The van der Waals surface area contributed by atoms with Crippen LogP contribution in [0.15, 0.2) is 34.9 Å². The molecule has 0 unspecified atom stereocenters. The number of carbonyl (C=O) groups is 3. The Morgan fingerprint density at radius 1 is 1.14 bits per heavy atom. The number of aromatic carboxylic acids is 1. The van der Waals surface area contributed by atoms with Crippen molar-refractivity contribution in [1.82, 2.24) is 25.5 Å². The van der Waals surface area contributed by atoms with Crippen LogP contribution in [0.25, 0.3) is 10.9 Å². The molecule has 3 amide bonds. The first-order valence-electron chi connectivity index (χ1n) is 12.3. The number of urea groups is 1. The van der Waals surface area contributed by atoms with Crippen LogP contribution in [0.4, 0.5) is 4.79 Å². The van der Waals surface area contributed by atoms with E-state index in [0.717, 1.165) is 16.5 Å². The maximum Gasteiger partial charge on any atom is 0.358 e. The number of aromatic nitrogens is 2. The monoisotopic (exact) mass is 497 g/mol. The molecule has 0 saturated heterocycles. The van der Waals surface area contributed by atoms with E-state index in [1.807, 2.05) is 58.2 Å². The summed E-state index contributed by atoms with van der Waals surface area (Å²) in [6.45, 7) is 10.3. The lowest BCUT2D eigenvalue weighted by Gasteiger charge is -2.26. The average Bonchev–Trinajstić information content (AvgIpc) is 3.42. The second-order valence-electron chi connectivity index (χ2n) is 9.19. The minimum atomic E-state index is -1.20. The van der Waals surface area contributed by atoms with Gasteiger partial charge < -0.3 is 30.0 Å². The maximum absolute atomic E-state index is 13.5. The number of fused-ring (bicyclic) bond motifs is 1. The van der Waals surface area contributed by atoms with Crippen molar-refractivity contribution in [2.45, 2.75) is 59.5 Å². The van der Waals surface area contributed by atoms with Gasteiger partial charge in [-0.25, -0.2) is 14.6 Å². The minimum Gasteiger partial charge on any atom is -0.476 e. The van der Waals surface area contributed by atoms with Crippen LogP contribution < -0.4 is 10.6 Å². The number of carboxylic acid groups (broad SMARTS) is 1. The number of carboxylic acids is 1. The van der Waals surface area contributed by atoms with Gasteiger partial charge in [0.1, 0.15) is 17.8 Å². The molecule has 0 radical (unpaired) electrons. The quantitative estimate of drug-likeness (QED) is 0.315. The molecule has 3 rings (SSSR count). The van der Waals surface area contributed by atoms with Gasteiger partial charge in [0.25, 0.3) is 0 Å². The molecule has 10 heteroatoms.